The van der Waals surface area contributed by atoms with E-state index in [1.807, 2.05) is 12.1 Å². The van der Waals surface area contributed by atoms with Crippen molar-refractivity contribution in [2.75, 3.05) is 17.2 Å². The van der Waals surface area contributed by atoms with Crippen molar-refractivity contribution in [1.29, 1.82) is 0 Å². The zero-order valence-electron chi connectivity index (χ0n) is 18.9. The van der Waals surface area contributed by atoms with Crippen molar-refractivity contribution in [2.24, 2.45) is 5.92 Å². The van der Waals surface area contributed by atoms with Gasteiger partial charge in [0.25, 0.3) is 0 Å². The molecule has 0 aromatic heterocycles. The Bertz CT molecular complexity index is 1250. The van der Waals surface area contributed by atoms with Crippen LogP contribution < -0.4 is 15.4 Å². The molecule has 1 aliphatic carbocycles. The maximum absolute atomic E-state index is 14.1. The second kappa shape index (κ2) is 9.38. The van der Waals surface area contributed by atoms with Crippen LogP contribution in [0.5, 0.6) is 5.75 Å². The molecule has 1 saturated carbocycles. The predicted octanol–water partition coefficient (Wildman–Crippen LogP) is 6.82. The molecule has 1 heterocycles. The molecule has 182 valence electrons. The van der Waals surface area contributed by atoms with Crippen LogP contribution in [0.25, 0.3) is 0 Å². The molecule has 0 radical (unpaired) electrons. The first kappa shape index (κ1) is 23.4. The van der Waals surface area contributed by atoms with Gasteiger partial charge in [0, 0.05) is 29.1 Å². The molecule has 3 N–H and O–H groups in total. The van der Waals surface area contributed by atoms with Gasteiger partial charge in [-0.3, -0.25) is 0 Å². The number of fused-ring (bicyclic) bond motifs is 1. The fourth-order valence-corrected chi connectivity index (χ4v) is 5.20. The number of rotatable bonds is 7. The molecule has 0 atom stereocenters. The van der Waals surface area contributed by atoms with Gasteiger partial charge in [0.2, 0.25) is 0 Å². The van der Waals surface area contributed by atoms with Crippen LogP contribution in [0, 0.1) is 17.6 Å². The van der Waals surface area contributed by atoms with Crippen molar-refractivity contribution in [3.05, 3.63) is 87.9 Å². The summed E-state index contributed by atoms with van der Waals surface area (Å²) >= 11 is 6.33. The minimum atomic E-state index is -1.06. The molecule has 2 aliphatic rings. The van der Waals surface area contributed by atoms with Crippen molar-refractivity contribution in [1.82, 2.24) is 0 Å². The van der Waals surface area contributed by atoms with Gasteiger partial charge in [-0.1, -0.05) is 36.6 Å². The topological polar surface area (TPSA) is 70.6 Å². The summed E-state index contributed by atoms with van der Waals surface area (Å²) < 4.78 is 34.4. The largest absolute Gasteiger partial charge is 0.493 e. The number of aromatic carboxylic acids is 1. The number of carbonyl (C=O) groups is 1. The summed E-state index contributed by atoms with van der Waals surface area (Å²) in [4.78, 5) is 11.5. The first-order valence-corrected chi connectivity index (χ1v) is 12.0. The second-order valence-corrected chi connectivity index (χ2v) is 9.69. The van der Waals surface area contributed by atoms with E-state index < -0.39 is 23.3 Å². The number of nitrogens with one attached hydrogen (secondary N) is 2. The number of anilines is 2. The van der Waals surface area contributed by atoms with Crippen LogP contribution >= 0.6 is 11.6 Å². The Morgan fingerprint density at radius 3 is 2.37 bits per heavy atom. The number of hydrogen-bond donors (Lipinski definition) is 3. The van der Waals surface area contributed by atoms with Gasteiger partial charge >= 0.3 is 5.97 Å². The maximum Gasteiger partial charge on any atom is 0.335 e. The Hall–Kier alpha value is -3.32. The van der Waals surface area contributed by atoms with E-state index in [0.29, 0.717) is 40.2 Å². The summed E-state index contributed by atoms with van der Waals surface area (Å²) in [5.41, 5.74) is 1.31. The van der Waals surface area contributed by atoms with Crippen molar-refractivity contribution in [3.63, 3.8) is 0 Å². The molecule has 5 nitrogen and oxygen atoms in total. The van der Waals surface area contributed by atoms with E-state index in [1.54, 1.807) is 24.3 Å². The SMILES string of the molecule is O=C(O)c1cccc(CC2(c3ccc(Cl)cc3OCC3CCCC3)Nc3cc(F)c(F)cc3N2)c1. The van der Waals surface area contributed by atoms with E-state index in [9.17, 15) is 18.7 Å². The molecular weight excluding hydrogens is 474 g/mol. The highest BCUT2D eigenvalue weighted by Crippen LogP contribution is 2.46. The monoisotopic (exact) mass is 498 g/mol. The van der Waals surface area contributed by atoms with Crippen LogP contribution in [-0.2, 0) is 12.1 Å². The third kappa shape index (κ3) is 4.78. The lowest BCUT2D eigenvalue weighted by atomic mass is 9.90. The molecule has 0 saturated heterocycles. The Kier molecular flexibility index (Phi) is 6.28. The fourth-order valence-electron chi connectivity index (χ4n) is 5.04. The molecule has 3 aromatic rings. The summed E-state index contributed by atoms with van der Waals surface area (Å²) in [5, 5.41) is 16.6. The van der Waals surface area contributed by atoms with E-state index in [-0.39, 0.29) is 12.0 Å². The van der Waals surface area contributed by atoms with E-state index in [0.717, 1.165) is 30.5 Å². The number of ether oxygens (including phenoxy) is 1. The third-order valence-electron chi connectivity index (χ3n) is 6.75. The van der Waals surface area contributed by atoms with Crippen molar-refractivity contribution >= 4 is 28.9 Å². The van der Waals surface area contributed by atoms with Gasteiger partial charge < -0.3 is 20.5 Å². The van der Waals surface area contributed by atoms with Crippen LogP contribution in [-0.4, -0.2) is 17.7 Å². The number of hydrogen-bond acceptors (Lipinski definition) is 4. The molecule has 5 rings (SSSR count). The van der Waals surface area contributed by atoms with Gasteiger partial charge in [0.1, 0.15) is 11.4 Å². The minimum absolute atomic E-state index is 0.152. The van der Waals surface area contributed by atoms with E-state index in [1.165, 1.54) is 18.9 Å². The van der Waals surface area contributed by atoms with Crippen LogP contribution in [0.3, 0.4) is 0 Å². The molecule has 0 bridgehead atoms. The molecule has 3 aromatic carbocycles. The molecule has 1 fully saturated rings. The lowest BCUT2D eigenvalue weighted by molar-refractivity contribution is 0.0696. The van der Waals surface area contributed by atoms with Crippen LogP contribution in [0.4, 0.5) is 20.2 Å². The van der Waals surface area contributed by atoms with Crippen molar-refractivity contribution in [2.45, 2.75) is 37.8 Å². The Morgan fingerprint density at radius 1 is 1.03 bits per heavy atom. The highest BCUT2D eigenvalue weighted by molar-refractivity contribution is 6.30. The Labute approximate surface area is 207 Å². The lowest BCUT2D eigenvalue weighted by Gasteiger charge is -2.33. The highest BCUT2D eigenvalue weighted by atomic mass is 35.5. The molecular formula is C27H25ClF2N2O3. The Morgan fingerprint density at radius 2 is 1.71 bits per heavy atom. The first-order chi connectivity index (χ1) is 16.8. The van der Waals surface area contributed by atoms with E-state index >= 15 is 0 Å². The number of carboxylic acids is 1. The van der Waals surface area contributed by atoms with E-state index in [2.05, 4.69) is 10.6 Å². The van der Waals surface area contributed by atoms with E-state index in [4.69, 9.17) is 16.3 Å². The zero-order valence-corrected chi connectivity index (χ0v) is 19.7. The van der Waals surface area contributed by atoms with Gasteiger partial charge in [-0.2, -0.15) is 0 Å². The maximum atomic E-state index is 14.1. The number of carboxylic acid groups (broad SMARTS) is 1. The second-order valence-electron chi connectivity index (χ2n) is 9.25. The van der Waals surface area contributed by atoms with Gasteiger partial charge in [0.05, 0.1) is 23.5 Å². The molecule has 0 unspecified atom stereocenters. The fraction of sp³-hybridized carbons (Fsp3) is 0.296. The molecule has 0 amide bonds. The van der Waals surface area contributed by atoms with Gasteiger partial charge in [-0.05, 0) is 54.7 Å². The summed E-state index contributed by atoms with van der Waals surface area (Å²) in [6.07, 6.45) is 4.88. The number of halogens is 3. The molecule has 35 heavy (non-hydrogen) atoms. The van der Waals surface area contributed by atoms with Crippen LogP contribution in [0.15, 0.2) is 54.6 Å². The summed E-state index contributed by atoms with van der Waals surface area (Å²) in [6.45, 7) is 0.550. The normalized spacial score (nSPS) is 16.4. The minimum Gasteiger partial charge on any atom is -0.493 e. The molecule has 8 heteroatoms. The standard InChI is InChI=1S/C27H25ClF2N2O3/c28-19-8-9-20(25(11-19)35-15-16-4-1-2-5-16)27(14-17-6-3-7-18(10-17)26(33)34)31-23-12-21(29)22(30)13-24(23)32-27/h3,6-13,16,31-32H,1-2,4-5,14-15H2,(H,33,34). The molecule has 0 spiro atoms. The smallest absolute Gasteiger partial charge is 0.335 e. The van der Waals surface area contributed by atoms with Gasteiger partial charge in [-0.15, -0.1) is 0 Å². The highest BCUT2D eigenvalue weighted by Gasteiger charge is 2.41. The summed E-state index contributed by atoms with van der Waals surface area (Å²) in [6, 6.07) is 14.1. The zero-order chi connectivity index (χ0) is 24.6. The summed E-state index contributed by atoms with van der Waals surface area (Å²) in [7, 11) is 0. The van der Waals surface area contributed by atoms with Crippen molar-refractivity contribution < 1.29 is 23.4 Å². The first-order valence-electron chi connectivity index (χ1n) is 11.6. The lowest BCUT2D eigenvalue weighted by Crippen LogP contribution is -2.41. The predicted molar refractivity (Wildman–Crippen MR) is 131 cm³/mol. The van der Waals surface area contributed by atoms with Crippen LogP contribution in [0.1, 0.15) is 47.2 Å². The number of benzene rings is 3. The Balaban J connectivity index is 1.57. The van der Waals surface area contributed by atoms with Crippen molar-refractivity contribution in [3.8, 4) is 5.75 Å². The average molecular weight is 499 g/mol. The third-order valence-corrected chi connectivity index (χ3v) is 6.99. The summed E-state index contributed by atoms with van der Waals surface area (Å²) in [5.74, 6) is -1.93. The average Bonchev–Trinajstić information content (AvgIpc) is 3.46. The molecule has 1 aliphatic heterocycles. The quantitative estimate of drug-likeness (QED) is 0.333. The van der Waals surface area contributed by atoms with Gasteiger partial charge in [0.15, 0.2) is 11.6 Å². The van der Waals surface area contributed by atoms with Gasteiger partial charge in [-0.25, -0.2) is 13.6 Å². The van der Waals surface area contributed by atoms with Crippen LogP contribution in [0.2, 0.25) is 5.02 Å².